The van der Waals surface area contributed by atoms with Crippen molar-refractivity contribution in [1.82, 2.24) is 0 Å². The van der Waals surface area contributed by atoms with Crippen molar-refractivity contribution in [1.29, 1.82) is 0 Å². The van der Waals surface area contributed by atoms with Crippen LogP contribution in [-0.4, -0.2) is 16.5 Å². The van der Waals surface area contributed by atoms with Gasteiger partial charge in [0.25, 0.3) is 0 Å². The number of hydrogen-bond acceptors (Lipinski definition) is 2. The topological polar surface area (TPSA) is 37.3 Å². The molecule has 2 saturated carbocycles. The minimum absolute atomic E-state index is 0.281. The molecule has 2 fully saturated rings. The summed E-state index contributed by atoms with van der Waals surface area (Å²) in [6.45, 7) is 6.51. The zero-order valence-electron chi connectivity index (χ0n) is 13.7. The summed E-state index contributed by atoms with van der Waals surface area (Å²) in [7, 11) is 0. The molecule has 0 aromatic rings. The molecule has 0 aliphatic heterocycles. The number of terminal acetylenes is 1. The van der Waals surface area contributed by atoms with Gasteiger partial charge in [-0.3, -0.25) is 4.79 Å². The monoisotopic (exact) mass is 308 g/mol. The zero-order chi connectivity index (χ0) is 16.4. The number of carbonyl (C=O) groups excluding carboxylic acids is 1. The summed E-state index contributed by atoms with van der Waals surface area (Å²) >= 11 is 0. The van der Waals surface area contributed by atoms with Crippen LogP contribution in [0.3, 0.4) is 0 Å². The summed E-state index contributed by atoms with van der Waals surface area (Å²) in [4.78, 5) is 11.8. The highest BCUT2D eigenvalue weighted by molar-refractivity contribution is 5.91. The molecule has 2 nitrogen and oxygen atoms in total. The van der Waals surface area contributed by atoms with E-state index in [1.165, 1.54) is 11.1 Å². The van der Waals surface area contributed by atoms with Gasteiger partial charge in [0, 0.05) is 11.8 Å². The minimum atomic E-state index is -1.16. The van der Waals surface area contributed by atoms with Gasteiger partial charge in [-0.2, -0.15) is 0 Å². The third-order valence-electron chi connectivity index (χ3n) is 7.08. The summed E-state index contributed by atoms with van der Waals surface area (Å²) in [6.07, 6.45) is 16.0. The molecule has 0 spiro atoms. The molecule has 0 radical (unpaired) electrons. The van der Waals surface area contributed by atoms with E-state index in [0.29, 0.717) is 30.1 Å². The number of aliphatic hydroxyl groups is 1. The van der Waals surface area contributed by atoms with Gasteiger partial charge in [0.15, 0.2) is 5.78 Å². The first kappa shape index (κ1) is 15.0. The highest BCUT2D eigenvalue weighted by atomic mass is 16.3. The molecule has 4 aliphatic rings. The quantitative estimate of drug-likeness (QED) is 0.550. The molecule has 4 rings (SSSR count). The molecule has 0 amide bonds. The number of carbonyl (C=O) groups is 1. The van der Waals surface area contributed by atoms with Gasteiger partial charge in [-0.25, -0.2) is 0 Å². The van der Waals surface area contributed by atoms with Crippen LogP contribution in [0.25, 0.3) is 0 Å². The standard InChI is InChI=1S/C21H24O2/c1-4-21(23)10-9-18-17-7-5-14-11-15(22)6-8-16(14)19(17)13(2)12-20(18,21)3/h1,9-11,16-19,23H,2,5-8,12H2,3H3/t16-,17+,18+,19-,20+,21+/m1/s1. The highest BCUT2D eigenvalue weighted by Crippen LogP contribution is 2.63. The van der Waals surface area contributed by atoms with E-state index in [1.54, 1.807) is 0 Å². The Morgan fingerprint density at radius 2 is 2.17 bits per heavy atom. The van der Waals surface area contributed by atoms with Crippen molar-refractivity contribution >= 4 is 5.78 Å². The Kier molecular flexibility index (Phi) is 3.06. The zero-order valence-corrected chi connectivity index (χ0v) is 13.7. The first-order valence-corrected chi connectivity index (χ1v) is 8.70. The van der Waals surface area contributed by atoms with Gasteiger partial charge in [-0.15, -0.1) is 6.42 Å². The van der Waals surface area contributed by atoms with E-state index in [2.05, 4.69) is 25.5 Å². The molecule has 6 atom stereocenters. The lowest BCUT2D eigenvalue weighted by atomic mass is 9.49. The Hall–Kier alpha value is -1.59. The summed E-state index contributed by atoms with van der Waals surface area (Å²) in [5.41, 5.74) is 1.05. The maximum absolute atomic E-state index is 11.8. The normalized spacial score (nSPS) is 48.1. The van der Waals surface area contributed by atoms with E-state index in [0.717, 1.165) is 25.7 Å². The lowest BCUT2D eigenvalue weighted by Crippen LogP contribution is -2.53. The number of rotatable bonds is 0. The van der Waals surface area contributed by atoms with Gasteiger partial charge in [0.1, 0.15) is 5.60 Å². The Morgan fingerprint density at radius 1 is 1.39 bits per heavy atom. The van der Waals surface area contributed by atoms with E-state index in [9.17, 15) is 9.90 Å². The van der Waals surface area contributed by atoms with Gasteiger partial charge in [0.2, 0.25) is 0 Å². The minimum Gasteiger partial charge on any atom is -0.373 e. The van der Waals surface area contributed by atoms with Crippen molar-refractivity contribution in [2.75, 3.05) is 0 Å². The van der Waals surface area contributed by atoms with Crippen LogP contribution in [0.2, 0.25) is 0 Å². The molecular formula is C21H24O2. The van der Waals surface area contributed by atoms with E-state index in [1.807, 2.05) is 12.2 Å². The van der Waals surface area contributed by atoms with Crippen molar-refractivity contribution in [3.63, 3.8) is 0 Å². The molecule has 0 bridgehead atoms. The molecular weight excluding hydrogens is 284 g/mol. The maximum atomic E-state index is 11.8. The van der Waals surface area contributed by atoms with Gasteiger partial charge in [-0.1, -0.05) is 36.6 Å². The largest absolute Gasteiger partial charge is 0.373 e. The average Bonchev–Trinajstić information content (AvgIpc) is 2.78. The van der Waals surface area contributed by atoms with Crippen molar-refractivity contribution in [3.05, 3.63) is 36.0 Å². The molecule has 120 valence electrons. The van der Waals surface area contributed by atoms with Crippen LogP contribution in [0, 0.1) is 41.4 Å². The van der Waals surface area contributed by atoms with Crippen LogP contribution in [0.5, 0.6) is 0 Å². The van der Waals surface area contributed by atoms with Gasteiger partial charge in [-0.05, 0) is 61.5 Å². The predicted octanol–water partition coefficient (Wildman–Crippen LogP) is 3.43. The molecule has 0 saturated heterocycles. The van der Waals surface area contributed by atoms with Crippen LogP contribution in [0.15, 0.2) is 36.0 Å². The Labute approximate surface area is 138 Å². The highest BCUT2D eigenvalue weighted by Gasteiger charge is 2.60. The molecule has 1 N–H and O–H groups in total. The lowest BCUT2D eigenvalue weighted by molar-refractivity contribution is -0.115. The second-order valence-corrected chi connectivity index (χ2v) is 8.11. The first-order valence-electron chi connectivity index (χ1n) is 8.70. The van der Waals surface area contributed by atoms with Crippen LogP contribution >= 0.6 is 0 Å². The second kappa shape index (κ2) is 4.71. The average molecular weight is 308 g/mol. The van der Waals surface area contributed by atoms with Crippen molar-refractivity contribution in [3.8, 4) is 12.3 Å². The summed E-state index contributed by atoms with van der Waals surface area (Å²) < 4.78 is 0. The maximum Gasteiger partial charge on any atom is 0.155 e. The SMILES string of the molecule is C#C[C@]1(O)C=C[C@H]2[C@@H]3CCC4=CC(=O)CC[C@H]4[C@H]3C(=C)C[C@@]21C. The van der Waals surface area contributed by atoms with Gasteiger partial charge < -0.3 is 5.11 Å². The number of fused-ring (bicyclic) bond motifs is 5. The van der Waals surface area contributed by atoms with Gasteiger partial charge >= 0.3 is 0 Å². The van der Waals surface area contributed by atoms with Crippen LogP contribution in [-0.2, 0) is 4.79 Å². The fourth-order valence-corrected chi connectivity index (χ4v) is 5.91. The van der Waals surface area contributed by atoms with E-state index < -0.39 is 5.60 Å². The molecule has 0 unspecified atom stereocenters. The van der Waals surface area contributed by atoms with Crippen molar-refractivity contribution in [2.45, 2.75) is 44.6 Å². The lowest BCUT2D eigenvalue weighted by Gasteiger charge is -2.55. The molecule has 0 aromatic carbocycles. The van der Waals surface area contributed by atoms with E-state index >= 15 is 0 Å². The van der Waals surface area contributed by atoms with E-state index in [4.69, 9.17) is 6.42 Å². The van der Waals surface area contributed by atoms with Gasteiger partial charge in [0.05, 0.1) is 0 Å². The van der Waals surface area contributed by atoms with Crippen LogP contribution in [0.4, 0.5) is 0 Å². The summed E-state index contributed by atoms with van der Waals surface area (Å²) in [6, 6.07) is 0. The van der Waals surface area contributed by atoms with Crippen molar-refractivity contribution < 1.29 is 9.90 Å². The third kappa shape index (κ3) is 1.83. The molecule has 23 heavy (non-hydrogen) atoms. The van der Waals surface area contributed by atoms with Crippen molar-refractivity contribution in [2.24, 2.45) is 29.1 Å². The van der Waals surface area contributed by atoms with Crippen LogP contribution < -0.4 is 0 Å². The fraction of sp³-hybridized carbons (Fsp3) is 0.571. The summed E-state index contributed by atoms with van der Waals surface area (Å²) in [5, 5.41) is 10.9. The first-order chi connectivity index (χ1) is 10.9. The molecule has 0 aromatic heterocycles. The molecule has 4 aliphatic carbocycles. The fourth-order valence-electron chi connectivity index (χ4n) is 5.91. The van der Waals surface area contributed by atoms with E-state index in [-0.39, 0.29) is 11.2 Å². The Bertz CT molecular complexity index is 691. The number of ketones is 1. The summed E-state index contributed by atoms with van der Waals surface area (Å²) in [5.74, 6) is 4.60. The number of allylic oxidation sites excluding steroid dienone is 4. The Balaban J connectivity index is 1.73. The molecule has 2 heteroatoms. The predicted molar refractivity (Wildman–Crippen MR) is 90.3 cm³/mol. The third-order valence-corrected chi connectivity index (χ3v) is 7.08. The number of hydrogen-bond donors (Lipinski definition) is 1. The Morgan fingerprint density at radius 3 is 2.91 bits per heavy atom. The van der Waals surface area contributed by atoms with Crippen LogP contribution in [0.1, 0.15) is 39.0 Å². The molecule has 0 heterocycles. The smallest absolute Gasteiger partial charge is 0.155 e. The second-order valence-electron chi connectivity index (χ2n) is 8.11.